The van der Waals surface area contributed by atoms with Crippen LogP contribution in [0.1, 0.15) is 50.3 Å². The number of ether oxygens (including phenoxy) is 1. The van der Waals surface area contributed by atoms with Crippen molar-refractivity contribution in [2.45, 2.75) is 56.5 Å². The summed E-state index contributed by atoms with van der Waals surface area (Å²) in [6.45, 7) is 3.62. The first-order valence-electron chi connectivity index (χ1n) is 10.0. The van der Waals surface area contributed by atoms with Crippen LogP contribution < -0.4 is 14.8 Å². The predicted octanol–water partition coefficient (Wildman–Crippen LogP) is 3.34. The fourth-order valence-corrected chi connectivity index (χ4v) is 4.75. The Morgan fingerprint density at radius 1 is 1.17 bits per heavy atom. The molecule has 2 aromatic rings. The Bertz CT molecular complexity index is 942. The summed E-state index contributed by atoms with van der Waals surface area (Å²) in [7, 11) is -3.55. The third-order valence-corrected chi connectivity index (χ3v) is 6.78. The lowest BCUT2D eigenvalue weighted by atomic mass is 9.88. The molecule has 0 saturated carbocycles. The zero-order valence-corrected chi connectivity index (χ0v) is 17.7. The van der Waals surface area contributed by atoms with Gasteiger partial charge in [0.25, 0.3) is 5.91 Å². The molecule has 29 heavy (non-hydrogen) atoms. The van der Waals surface area contributed by atoms with Crippen molar-refractivity contribution in [1.82, 2.24) is 10.0 Å². The predicted molar refractivity (Wildman–Crippen MR) is 112 cm³/mol. The maximum Gasteiger partial charge on any atom is 0.258 e. The third-order valence-electron chi connectivity index (χ3n) is 5.18. The Balaban J connectivity index is 1.55. The van der Waals surface area contributed by atoms with Gasteiger partial charge in [0.1, 0.15) is 5.75 Å². The van der Waals surface area contributed by atoms with E-state index in [1.54, 1.807) is 12.1 Å². The largest absolute Gasteiger partial charge is 0.484 e. The minimum atomic E-state index is -3.55. The molecule has 1 amide bonds. The number of amides is 1. The van der Waals surface area contributed by atoms with Crippen LogP contribution in [0, 0.1) is 0 Å². The van der Waals surface area contributed by atoms with Gasteiger partial charge in [-0.15, -0.1) is 0 Å². The maximum absolute atomic E-state index is 12.3. The zero-order chi connectivity index (χ0) is 20.9. The van der Waals surface area contributed by atoms with Gasteiger partial charge in [0.05, 0.1) is 10.9 Å². The van der Waals surface area contributed by atoms with Crippen molar-refractivity contribution in [2.24, 2.45) is 0 Å². The number of aryl methyl sites for hydroxylation is 1. The van der Waals surface area contributed by atoms with Gasteiger partial charge in [0.2, 0.25) is 10.0 Å². The number of nitrogens with one attached hydrogen (secondary N) is 2. The molecule has 2 N–H and O–H groups in total. The molecule has 1 aliphatic carbocycles. The molecule has 156 valence electrons. The Kier molecular flexibility index (Phi) is 6.92. The number of hydrogen-bond acceptors (Lipinski definition) is 4. The van der Waals surface area contributed by atoms with Crippen LogP contribution in [0.15, 0.2) is 53.4 Å². The molecule has 6 nitrogen and oxygen atoms in total. The number of carbonyl (C=O) groups excluding carboxylic acids is 1. The van der Waals surface area contributed by atoms with Crippen LogP contribution in [0.4, 0.5) is 0 Å². The molecular formula is C22H28N2O4S. The van der Waals surface area contributed by atoms with E-state index < -0.39 is 10.0 Å². The maximum atomic E-state index is 12.3. The van der Waals surface area contributed by atoms with E-state index in [-0.39, 0.29) is 29.5 Å². The van der Waals surface area contributed by atoms with Crippen molar-refractivity contribution < 1.29 is 17.9 Å². The Morgan fingerprint density at radius 2 is 1.90 bits per heavy atom. The summed E-state index contributed by atoms with van der Waals surface area (Å²) in [5.74, 6) is 0.258. The summed E-state index contributed by atoms with van der Waals surface area (Å²) in [4.78, 5) is 12.5. The van der Waals surface area contributed by atoms with Gasteiger partial charge in [-0.05, 0) is 68.0 Å². The zero-order valence-electron chi connectivity index (χ0n) is 16.9. The van der Waals surface area contributed by atoms with E-state index in [1.165, 1.54) is 23.3 Å². The Labute approximate surface area is 172 Å². The van der Waals surface area contributed by atoms with E-state index in [9.17, 15) is 13.2 Å². The average Bonchev–Trinajstić information content (AvgIpc) is 2.72. The lowest BCUT2D eigenvalue weighted by molar-refractivity contribution is -0.124. The van der Waals surface area contributed by atoms with Gasteiger partial charge < -0.3 is 10.1 Å². The molecule has 0 aliphatic heterocycles. The average molecular weight is 417 g/mol. The standard InChI is InChI=1S/C22H28N2O4S/c1-3-16(2)24-29(26,27)19-13-11-18(12-14-19)28-15-22(25)23-21-10-6-8-17-7-4-5-9-20(17)21/h4-5,7,9,11-14,16,21,24H,3,6,8,10,15H2,1-2H3,(H,23,25). The molecule has 1 aliphatic rings. The van der Waals surface area contributed by atoms with Crippen molar-refractivity contribution in [2.75, 3.05) is 6.61 Å². The molecule has 2 aromatic carbocycles. The van der Waals surface area contributed by atoms with Crippen LogP contribution in [0.3, 0.4) is 0 Å². The van der Waals surface area contributed by atoms with Crippen LogP contribution in [0.5, 0.6) is 5.75 Å². The monoisotopic (exact) mass is 416 g/mol. The second-order valence-electron chi connectivity index (χ2n) is 7.40. The van der Waals surface area contributed by atoms with Crippen LogP contribution >= 0.6 is 0 Å². The van der Waals surface area contributed by atoms with Gasteiger partial charge in [0, 0.05) is 6.04 Å². The van der Waals surface area contributed by atoms with E-state index in [1.807, 2.05) is 26.0 Å². The molecule has 0 radical (unpaired) electrons. The molecule has 0 fully saturated rings. The van der Waals surface area contributed by atoms with Crippen LogP contribution in [0.25, 0.3) is 0 Å². The minimum Gasteiger partial charge on any atom is -0.484 e. The lowest BCUT2D eigenvalue weighted by Gasteiger charge is -2.26. The quantitative estimate of drug-likeness (QED) is 0.691. The molecular weight excluding hydrogens is 388 g/mol. The van der Waals surface area contributed by atoms with Crippen molar-refractivity contribution in [3.8, 4) is 5.75 Å². The van der Waals surface area contributed by atoms with E-state index in [0.29, 0.717) is 12.2 Å². The number of sulfonamides is 1. The number of carbonyl (C=O) groups is 1. The second-order valence-corrected chi connectivity index (χ2v) is 9.12. The fraction of sp³-hybridized carbons (Fsp3) is 0.409. The van der Waals surface area contributed by atoms with Gasteiger partial charge in [0.15, 0.2) is 6.61 Å². The molecule has 0 heterocycles. The van der Waals surface area contributed by atoms with Crippen LogP contribution in [-0.4, -0.2) is 27.0 Å². The Morgan fingerprint density at radius 3 is 2.62 bits per heavy atom. The van der Waals surface area contributed by atoms with Crippen LogP contribution in [0.2, 0.25) is 0 Å². The molecule has 7 heteroatoms. The molecule has 0 saturated heterocycles. The topological polar surface area (TPSA) is 84.5 Å². The fourth-order valence-electron chi connectivity index (χ4n) is 3.42. The van der Waals surface area contributed by atoms with E-state index in [0.717, 1.165) is 19.3 Å². The normalized spacial score (nSPS) is 17.2. The molecule has 3 rings (SSSR count). The highest BCUT2D eigenvalue weighted by Crippen LogP contribution is 2.29. The summed E-state index contributed by atoms with van der Waals surface area (Å²) in [6.07, 6.45) is 3.71. The summed E-state index contributed by atoms with van der Waals surface area (Å²) in [5, 5.41) is 3.04. The number of fused-ring (bicyclic) bond motifs is 1. The number of hydrogen-bond donors (Lipinski definition) is 2. The van der Waals surface area contributed by atoms with Gasteiger partial charge in [-0.2, -0.15) is 0 Å². The Hall–Kier alpha value is -2.38. The SMILES string of the molecule is CCC(C)NS(=O)(=O)c1ccc(OCC(=O)NC2CCCc3ccccc32)cc1. The van der Waals surface area contributed by atoms with Crippen molar-refractivity contribution in [3.05, 3.63) is 59.7 Å². The number of rotatable bonds is 8. The first-order valence-corrected chi connectivity index (χ1v) is 11.5. The lowest BCUT2D eigenvalue weighted by Crippen LogP contribution is -2.34. The molecule has 2 atom stereocenters. The number of benzene rings is 2. The summed E-state index contributed by atoms with van der Waals surface area (Å²) >= 11 is 0. The van der Waals surface area contributed by atoms with Gasteiger partial charge >= 0.3 is 0 Å². The molecule has 0 bridgehead atoms. The van der Waals surface area contributed by atoms with Crippen molar-refractivity contribution in [3.63, 3.8) is 0 Å². The highest BCUT2D eigenvalue weighted by molar-refractivity contribution is 7.89. The summed E-state index contributed by atoms with van der Waals surface area (Å²) in [5.41, 5.74) is 2.46. The highest BCUT2D eigenvalue weighted by Gasteiger charge is 2.21. The van der Waals surface area contributed by atoms with Gasteiger partial charge in [-0.1, -0.05) is 31.2 Å². The van der Waals surface area contributed by atoms with E-state index in [4.69, 9.17) is 4.74 Å². The van der Waals surface area contributed by atoms with Crippen molar-refractivity contribution in [1.29, 1.82) is 0 Å². The van der Waals surface area contributed by atoms with E-state index >= 15 is 0 Å². The first kappa shape index (κ1) is 21.3. The highest BCUT2D eigenvalue weighted by atomic mass is 32.2. The van der Waals surface area contributed by atoms with Crippen LogP contribution in [-0.2, 0) is 21.2 Å². The van der Waals surface area contributed by atoms with E-state index in [2.05, 4.69) is 22.2 Å². The molecule has 0 aromatic heterocycles. The summed E-state index contributed by atoms with van der Waals surface area (Å²) in [6, 6.07) is 14.1. The van der Waals surface area contributed by atoms with Gasteiger partial charge in [-0.25, -0.2) is 13.1 Å². The minimum absolute atomic E-state index is 0.00944. The smallest absolute Gasteiger partial charge is 0.258 e. The summed E-state index contributed by atoms with van der Waals surface area (Å²) < 4.78 is 32.7. The third kappa shape index (κ3) is 5.58. The van der Waals surface area contributed by atoms with Gasteiger partial charge in [-0.3, -0.25) is 4.79 Å². The second kappa shape index (κ2) is 9.41. The first-order chi connectivity index (χ1) is 13.9. The van der Waals surface area contributed by atoms with Crippen molar-refractivity contribution >= 4 is 15.9 Å². The molecule has 0 spiro atoms. The molecule has 2 unspecified atom stereocenters.